The molecule has 0 bridgehead atoms. The third-order valence-corrected chi connectivity index (χ3v) is 4.52. The summed E-state index contributed by atoms with van der Waals surface area (Å²) in [6, 6.07) is 3.84. The zero-order valence-corrected chi connectivity index (χ0v) is 18.2. The normalized spacial score (nSPS) is 10.6. The van der Waals surface area contributed by atoms with Gasteiger partial charge < -0.3 is 14.2 Å². The van der Waals surface area contributed by atoms with Crippen molar-refractivity contribution in [2.24, 2.45) is 5.10 Å². The Labute approximate surface area is 181 Å². The van der Waals surface area contributed by atoms with Crippen molar-refractivity contribution in [2.75, 3.05) is 25.2 Å². The second kappa shape index (κ2) is 12.4. The molecule has 0 spiro atoms. The molecule has 0 fully saturated rings. The minimum atomic E-state index is -0.296. The number of thiazole rings is 1. The Morgan fingerprint density at radius 2 is 2.07 bits per heavy atom. The van der Waals surface area contributed by atoms with E-state index in [1.807, 2.05) is 25.1 Å². The van der Waals surface area contributed by atoms with Crippen LogP contribution in [-0.2, 0) is 22.4 Å². The first-order chi connectivity index (χ1) is 14.6. The van der Waals surface area contributed by atoms with Gasteiger partial charge in [-0.2, -0.15) is 5.10 Å². The van der Waals surface area contributed by atoms with Crippen LogP contribution in [-0.4, -0.2) is 37.0 Å². The molecule has 7 nitrogen and oxygen atoms in total. The number of benzene rings is 1. The molecule has 1 N–H and O–H groups in total. The van der Waals surface area contributed by atoms with Gasteiger partial charge in [-0.25, -0.2) is 4.98 Å². The number of allylic oxidation sites excluding steroid dienone is 1. The molecule has 0 saturated heterocycles. The second-order valence-corrected chi connectivity index (χ2v) is 6.89. The molecular formula is C22H27N3O4S. The van der Waals surface area contributed by atoms with Crippen molar-refractivity contribution < 1.29 is 19.0 Å². The van der Waals surface area contributed by atoms with Crippen molar-refractivity contribution in [3.05, 3.63) is 59.6 Å². The SMILES string of the molecule is C=CCOc1c(CC=C)cc(C=NNc2nc(CC(=O)OCC)cs2)cc1OCC. The Balaban J connectivity index is 2.14. The summed E-state index contributed by atoms with van der Waals surface area (Å²) in [4.78, 5) is 15.9. The van der Waals surface area contributed by atoms with Crippen LogP contribution in [0.1, 0.15) is 30.7 Å². The fraction of sp³-hybridized carbons (Fsp3) is 0.318. The van der Waals surface area contributed by atoms with Crippen LogP contribution in [0.25, 0.3) is 0 Å². The highest BCUT2D eigenvalue weighted by atomic mass is 32.1. The maximum absolute atomic E-state index is 11.5. The van der Waals surface area contributed by atoms with Gasteiger partial charge in [0, 0.05) is 10.9 Å². The second-order valence-electron chi connectivity index (χ2n) is 6.03. The van der Waals surface area contributed by atoms with E-state index in [0.717, 1.165) is 11.1 Å². The van der Waals surface area contributed by atoms with E-state index >= 15 is 0 Å². The fourth-order valence-corrected chi connectivity index (χ4v) is 3.25. The summed E-state index contributed by atoms with van der Waals surface area (Å²) >= 11 is 1.37. The summed E-state index contributed by atoms with van der Waals surface area (Å²) in [5.74, 6) is 1.03. The molecule has 0 amide bonds. The van der Waals surface area contributed by atoms with Gasteiger partial charge in [0.25, 0.3) is 0 Å². The number of anilines is 1. The van der Waals surface area contributed by atoms with Gasteiger partial charge in [-0.3, -0.25) is 10.2 Å². The highest BCUT2D eigenvalue weighted by molar-refractivity contribution is 7.13. The van der Waals surface area contributed by atoms with Gasteiger partial charge in [0.2, 0.25) is 5.13 Å². The number of carbonyl (C=O) groups excluding carboxylic acids is 1. The van der Waals surface area contributed by atoms with Gasteiger partial charge in [0.1, 0.15) is 6.61 Å². The summed E-state index contributed by atoms with van der Waals surface area (Å²) < 4.78 is 16.5. The summed E-state index contributed by atoms with van der Waals surface area (Å²) in [5, 5.41) is 6.65. The lowest BCUT2D eigenvalue weighted by atomic mass is 10.1. The number of esters is 1. The molecule has 1 aromatic carbocycles. The standard InChI is InChI=1S/C22H27N3O4S/c1-5-9-17-11-16(12-19(27-7-3)21(17)29-10-6-2)14-23-25-22-24-18(15-30-22)13-20(26)28-8-4/h5-6,11-12,14-15H,1-2,7-10,13H2,3-4H3,(H,24,25). The Morgan fingerprint density at radius 1 is 1.23 bits per heavy atom. The zero-order valence-electron chi connectivity index (χ0n) is 17.3. The first-order valence-electron chi connectivity index (χ1n) is 9.64. The van der Waals surface area contributed by atoms with Crippen molar-refractivity contribution in [2.45, 2.75) is 26.7 Å². The Kier molecular flexibility index (Phi) is 9.60. The number of nitrogens with one attached hydrogen (secondary N) is 1. The van der Waals surface area contributed by atoms with Crippen LogP contribution in [0.15, 0.2) is 47.9 Å². The lowest BCUT2D eigenvalue weighted by molar-refractivity contribution is -0.142. The molecule has 0 atom stereocenters. The minimum absolute atomic E-state index is 0.143. The van der Waals surface area contributed by atoms with Crippen LogP contribution < -0.4 is 14.9 Å². The van der Waals surface area contributed by atoms with E-state index in [1.54, 1.807) is 24.6 Å². The molecule has 8 heteroatoms. The number of hydrogen-bond donors (Lipinski definition) is 1. The third-order valence-electron chi connectivity index (χ3n) is 3.72. The summed E-state index contributed by atoms with van der Waals surface area (Å²) in [6.07, 6.45) is 5.96. The van der Waals surface area contributed by atoms with Gasteiger partial charge in [-0.1, -0.05) is 18.7 Å². The topological polar surface area (TPSA) is 82.0 Å². The first kappa shape index (κ1) is 23.2. The molecule has 0 aliphatic carbocycles. The maximum atomic E-state index is 11.5. The zero-order chi connectivity index (χ0) is 21.8. The highest BCUT2D eigenvalue weighted by Crippen LogP contribution is 2.33. The minimum Gasteiger partial charge on any atom is -0.490 e. The van der Waals surface area contributed by atoms with E-state index in [-0.39, 0.29) is 12.4 Å². The van der Waals surface area contributed by atoms with Gasteiger partial charge in [0.05, 0.1) is 31.5 Å². The summed E-state index contributed by atoms with van der Waals surface area (Å²) in [5.41, 5.74) is 5.33. The quantitative estimate of drug-likeness (QED) is 0.220. The monoisotopic (exact) mass is 429 g/mol. The van der Waals surface area contributed by atoms with Crippen LogP contribution in [0.2, 0.25) is 0 Å². The van der Waals surface area contributed by atoms with Crippen molar-refractivity contribution in [3.8, 4) is 11.5 Å². The van der Waals surface area contributed by atoms with Crippen molar-refractivity contribution in [1.82, 2.24) is 4.98 Å². The number of aromatic nitrogens is 1. The van der Waals surface area contributed by atoms with Crippen molar-refractivity contribution in [1.29, 1.82) is 0 Å². The van der Waals surface area contributed by atoms with Gasteiger partial charge in [-0.05, 0) is 38.0 Å². The van der Waals surface area contributed by atoms with E-state index in [2.05, 4.69) is 28.7 Å². The molecule has 0 unspecified atom stereocenters. The van der Waals surface area contributed by atoms with Crippen LogP contribution in [0.5, 0.6) is 11.5 Å². The molecule has 0 aliphatic rings. The molecule has 1 aromatic heterocycles. The molecule has 1 heterocycles. The summed E-state index contributed by atoms with van der Waals surface area (Å²) in [6.45, 7) is 12.5. The number of nitrogens with zero attached hydrogens (tertiary/aromatic N) is 2. The Morgan fingerprint density at radius 3 is 2.77 bits per heavy atom. The average molecular weight is 430 g/mol. The number of hydrogen-bond acceptors (Lipinski definition) is 8. The van der Waals surface area contributed by atoms with Crippen LogP contribution >= 0.6 is 11.3 Å². The lowest BCUT2D eigenvalue weighted by Crippen LogP contribution is -2.07. The number of ether oxygens (including phenoxy) is 3. The molecule has 160 valence electrons. The van der Waals surface area contributed by atoms with Crippen LogP contribution in [0.4, 0.5) is 5.13 Å². The Hall–Kier alpha value is -3.13. The number of carbonyl (C=O) groups is 1. The third kappa shape index (κ3) is 7.04. The van der Waals surface area contributed by atoms with E-state index in [9.17, 15) is 4.79 Å². The first-order valence-corrected chi connectivity index (χ1v) is 10.5. The molecular weight excluding hydrogens is 402 g/mol. The molecule has 2 rings (SSSR count). The van der Waals surface area contributed by atoms with E-state index in [1.165, 1.54) is 11.3 Å². The van der Waals surface area contributed by atoms with Crippen molar-refractivity contribution >= 4 is 28.7 Å². The molecule has 0 radical (unpaired) electrons. The molecule has 0 saturated carbocycles. The average Bonchev–Trinajstić information content (AvgIpc) is 3.15. The molecule has 0 aliphatic heterocycles. The van der Waals surface area contributed by atoms with E-state index < -0.39 is 0 Å². The predicted molar refractivity (Wildman–Crippen MR) is 121 cm³/mol. The van der Waals surface area contributed by atoms with Crippen LogP contribution in [0, 0.1) is 0 Å². The number of rotatable bonds is 13. The van der Waals surface area contributed by atoms with E-state index in [0.29, 0.717) is 48.6 Å². The molecule has 30 heavy (non-hydrogen) atoms. The highest BCUT2D eigenvalue weighted by Gasteiger charge is 2.13. The predicted octanol–water partition coefficient (Wildman–Crippen LogP) is 4.39. The lowest BCUT2D eigenvalue weighted by Gasteiger charge is -2.15. The van der Waals surface area contributed by atoms with Gasteiger partial charge in [0.15, 0.2) is 11.5 Å². The van der Waals surface area contributed by atoms with Crippen LogP contribution in [0.3, 0.4) is 0 Å². The molecule has 2 aromatic rings. The maximum Gasteiger partial charge on any atom is 0.311 e. The largest absolute Gasteiger partial charge is 0.490 e. The smallest absolute Gasteiger partial charge is 0.311 e. The fourth-order valence-electron chi connectivity index (χ4n) is 2.60. The van der Waals surface area contributed by atoms with E-state index in [4.69, 9.17) is 14.2 Å². The van der Waals surface area contributed by atoms with Gasteiger partial charge >= 0.3 is 5.97 Å². The Bertz CT molecular complexity index is 893. The summed E-state index contributed by atoms with van der Waals surface area (Å²) in [7, 11) is 0. The number of hydrazone groups is 1. The van der Waals surface area contributed by atoms with Gasteiger partial charge in [-0.15, -0.1) is 17.9 Å². The van der Waals surface area contributed by atoms with Crippen molar-refractivity contribution in [3.63, 3.8) is 0 Å².